The maximum absolute atomic E-state index is 5.85. The van der Waals surface area contributed by atoms with E-state index in [2.05, 4.69) is 49.5 Å². The number of ether oxygens (including phenoxy) is 2. The SMILES string of the molecule is CC.CCCCC.CCOCC(C)(C)OCCN(C)CCN(C)C=NC. The van der Waals surface area contributed by atoms with Gasteiger partial charge in [-0.2, -0.15) is 0 Å². The molecule has 0 aliphatic rings. The van der Waals surface area contributed by atoms with Crippen molar-refractivity contribution in [2.75, 3.05) is 60.6 Å². The second-order valence-electron chi connectivity index (χ2n) is 6.76. The first-order valence-corrected chi connectivity index (χ1v) is 10.4. The van der Waals surface area contributed by atoms with Gasteiger partial charge in [-0.3, -0.25) is 4.99 Å². The smallest absolute Gasteiger partial charge is 0.0859 e. The lowest BCUT2D eigenvalue weighted by atomic mass is 10.1. The molecule has 0 N–H and O–H groups in total. The molecule has 160 valence electrons. The summed E-state index contributed by atoms with van der Waals surface area (Å²) < 4.78 is 11.3. The first-order chi connectivity index (χ1) is 12.3. The van der Waals surface area contributed by atoms with Gasteiger partial charge in [0.1, 0.15) is 0 Å². The number of unbranched alkanes of at least 4 members (excludes halogenated alkanes) is 2. The zero-order chi connectivity index (χ0) is 20.8. The Morgan fingerprint density at radius 1 is 0.962 bits per heavy atom. The maximum atomic E-state index is 5.85. The van der Waals surface area contributed by atoms with Crippen molar-refractivity contribution >= 4 is 6.34 Å². The molecule has 0 aliphatic carbocycles. The van der Waals surface area contributed by atoms with Crippen molar-refractivity contribution in [3.8, 4) is 0 Å². The molecular formula is C21H49N3O2. The van der Waals surface area contributed by atoms with Crippen LogP contribution in [0.3, 0.4) is 0 Å². The molecule has 5 heteroatoms. The minimum absolute atomic E-state index is 0.206. The Labute approximate surface area is 165 Å². The lowest BCUT2D eigenvalue weighted by Crippen LogP contribution is -2.36. The highest BCUT2D eigenvalue weighted by Crippen LogP contribution is 2.09. The highest BCUT2D eigenvalue weighted by molar-refractivity contribution is 5.53. The largest absolute Gasteiger partial charge is 0.379 e. The van der Waals surface area contributed by atoms with Crippen LogP contribution in [0.4, 0.5) is 0 Å². The van der Waals surface area contributed by atoms with Crippen LogP contribution in [0.25, 0.3) is 0 Å². The predicted octanol–water partition coefficient (Wildman–Crippen LogP) is 4.56. The fourth-order valence-corrected chi connectivity index (χ4v) is 1.92. The molecule has 0 saturated carbocycles. The van der Waals surface area contributed by atoms with Crippen molar-refractivity contribution in [2.24, 2.45) is 4.99 Å². The van der Waals surface area contributed by atoms with Crippen LogP contribution in [0.1, 0.15) is 67.7 Å². The lowest BCUT2D eigenvalue weighted by Gasteiger charge is -2.27. The quantitative estimate of drug-likeness (QED) is 0.349. The van der Waals surface area contributed by atoms with Crippen molar-refractivity contribution in [3.05, 3.63) is 0 Å². The Hall–Kier alpha value is -0.650. The van der Waals surface area contributed by atoms with Gasteiger partial charge in [0.15, 0.2) is 0 Å². The average Bonchev–Trinajstić information content (AvgIpc) is 2.61. The highest BCUT2D eigenvalue weighted by Gasteiger charge is 2.18. The minimum atomic E-state index is -0.206. The minimum Gasteiger partial charge on any atom is -0.379 e. The molecule has 0 aliphatic heterocycles. The van der Waals surface area contributed by atoms with Gasteiger partial charge >= 0.3 is 0 Å². The zero-order valence-corrected chi connectivity index (χ0v) is 19.6. The molecule has 0 unspecified atom stereocenters. The van der Waals surface area contributed by atoms with E-state index in [0.717, 1.165) is 32.8 Å². The van der Waals surface area contributed by atoms with Gasteiger partial charge in [0.2, 0.25) is 0 Å². The summed E-state index contributed by atoms with van der Waals surface area (Å²) in [5.74, 6) is 0. The molecule has 0 bridgehead atoms. The molecule has 0 fully saturated rings. The number of rotatable bonds is 13. The molecule has 0 spiro atoms. The van der Waals surface area contributed by atoms with Crippen LogP contribution in [0.2, 0.25) is 0 Å². The summed E-state index contributed by atoms with van der Waals surface area (Å²) >= 11 is 0. The summed E-state index contributed by atoms with van der Waals surface area (Å²) in [6, 6.07) is 0. The summed E-state index contributed by atoms with van der Waals surface area (Å²) in [4.78, 5) is 8.32. The average molecular weight is 376 g/mol. The van der Waals surface area contributed by atoms with Crippen LogP contribution < -0.4 is 0 Å². The van der Waals surface area contributed by atoms with Gasteiger partial charge in [-0.15, -0.1) is 0 Å². The molecule has 26 heavy (non-hydrogen) atoms. The summed E-state index contributed by atoms with van der Waals surface area (Å²) in [6.45, 7) is 19.5. The van der Waals surface area contributed by atoms with Crippen LogP contribution in [0, 0.1) is 0 Å². The lowest BCUT2D eigenvalue weighted by molar-refractivity contribution is -0.0764. The van der Waals surface area contributed by atoms with E-state index < -0.39 is 0 Å². The monoisotopic (exact) mass is 375 g/mol. The molecular weight excluding hydrogens is 326 g/mol. The van der Waals surface area contributed by atoms with E-state index in [1.54, 1.807) is 7.05 Å². The Balaban J connectivity index is -0.000000645. The molecule has 0 rings (SSSR count). The van der Waals surface area contributed by atoms with E-state index in [4.69, 9.17) is 9.47 Å². The first-order valence-electron chi connectivity index (χ1n) is 10.4. The Morgan fingerprint density at radius 2 is 1.54 bits per heavy atom. The second-order valence-corrected chi connectivity index (χ2v) is 6.76. The normalized spacial score (nSPS) is 11.0. The summed E-state index contributed by atoms with van der Waals surface area (Å²) in [7, 11) is 5.92. The van der Waals surface area contributed by atoms with Gasteiger partial charge in [0, 0.05) is 40.3 Å². The van der Waals surface area contributed by atoms with Crippen LogP contribution in [0.15, 0.2) is 4.99 Å². The summed E-state index contributed by atoms with van der Waals surface area (Å²) in [5.41, 5.74) is -0.206. The third-order valence-electron chi connectivity index (χ3n) is 3.47. The van der Waals surface area contributed by atoms with Crippen LogP contribution in [-0.4, -0.2) is 82.3 Å². The molecule has 0 saturated heterocycles. The Morgan fingerprint density at radius 3 is 1.96 bits per heavy atom. The van der Waals surface area contributed by atoms with Crippen molar-refractivity contribution in [3.63, 3.8) is 0 Å². The Kier molecular flexibility index (Phi) is 25.9. The molecule has 0 heterocycles. The van der Waals surface area contributed by atoms with Gasteiger partial charge in [0.25, 0.3) is 0 Å². The van der Waals surface area contributed by atoms with Crippen molar-refractivity contribution in [1.82, 2.24) is 9.80 Å². The third-order valence-corrected chi connectivity index (χ3v) is 3.47. The summed E-state index contributed by atoms with van der Waals surface area (Å²) in [6.07, 6.45) is 5.92. The molecule has 0 aromatic heterocycles. The highest BCUT2D eigenvalue weighted by atomic mass is 16.5. The van der Waals surface area contributed by atoms with Crippen molar-refractivity contribution in [1.29, 1.82) is 0 Å². The molecule has 0 radical (unpaired) electrons. The molecule has 0 aromatic carbocycles. The van der Waals surface area contributed by atoms with E-state index in [1.165, 1.54) is 19.3 Å². The number of hydrogen-bond acceptors (Lipinski definition) is 4. The molecule has 5 nitrogen and oxygen atoms in total. The number of hydrogen-bond donors (Lipinski definition) is 0. The van der Waals surface area contributed by atoms with Gasteiger partial charge in [-0.25, -0.2) is 0 Å². The van der Waals surface area contributed by atoms with Gasteiger partial charge in [0.05, 0.1) is 25.2 Å². The van der Waals surface area contributed by atoms with Gasteiger partial charge in [-0.05, 0) is 27.8 Å². The van der Waals surface area contributed by atoms with Crippen LogP contribution in [-0.2, 0) is 9.47 Å². The topological polar surface area (TPSA) is 37.3 Å². The number of aliphatic imine (C=N–C) groups is 1. The van der Waals surface area contributed by atoms with Gasteiger partial charge in [-0.1, -0.05) is 47.0 Å². The van der Waals surface area contributed by atoms with E-state index in [9.17, 15) is 0 Å². The molecule has 0 amide bonds. The maximum Gasteiger partial charge on any atom is 0.0859 e. The van der Waals surface area contributed by atoms with Gasteiger partial charge < -0.3 is 19.3 Å². The van der Waals surface area contributed by atoms with E-state index in [-0.39, 0.29) is 5.60 Å². The zero-order valence-electron chi connectivity index (χ0n) is 19.6. The van der Waals surface area contributed by atoms with E-state index in [0.29, 0.717) is 6.61 Å². The summed E-state index contributed by atoms with van der Waals surface area (Å²) in [5, 5.41) is 0. The number of nitrogens with zero attached hydrogens (tertiary/aromatic N) is 3. The van der Waals surface area contributed by atoms with Crippen LogP contribution in [0.5, 0.6) is 0 Å². The van der Waals surface area contributed by atoms with E-state index in [1.807, 2.05) is 34.2 Å². The van der Waals surface area contributed by atoms with Crippen molar-refractivity contribution in [2.45, 2.75) is 73.3 Å². The standard InChI is InChI=1S/C14H31N3O2.C5H12.C2H6/c1-7-18-12-14(2,3)19-11-10-16(5)8-9-17(6)13-15-4;1-3-5-4-2;1-2/h13H,7-12H2,1-6H3;3-5H2,1-2H3;1-2H3. The fourth-order valence-electron chi connectivity index (χ4n) is 1.92. The fraction of sp³-hybridized carbons (Fsp3) is 0.952. The molecule has 0 atom stereocenters. The molecule has 0 aromatic rings. The van der Waals surface area contributed by atoms with Crippen molar-refractivity contribution < 1.29 is 9.47 Å². The van der Waals surface area contributed by atoms with Crippen LogP contribution >= 0.6 is 0 Å². The first kappa shape index (κ1) is 30.1. The third kappa shape index (κ3) is 25.6. The number of likely N-dealkylation sites (N-methyl/N-ethyl adjacent to an activating group) is 2. The predicted molar refractivity (Wildman–Crippen MR) is 118 cm³/mol. The Bertz CT molecular complexity index is 282. The van der Waals surface area contributed by atoms with E-state index >= 15 is 0 Å². The second kappa shape index (κ2) is 22.4.